The minimum Gasteiger partial charge on any atom is -0.350 e. The Morgan fingerprint density at radius 2 is 2.17 bits per heavy atom. The van der Waals surface area contributed by atoms with Crippen LogP contribution >= 0.6 is 0 Å². The lowest BCUT2D eigenvalue weighted by Crippen LogP contribution is -2.44. The lowest BCUT2D eigenvalue weighted by atomic mass is 10.0. The van der Waals surface area contributed by atoms with E-state index in [0.29, 0.717) is 0 Å². The van der Waals surface area contributed by atoms with Gasteiger partial charge in [0.1, 0.15) is 5.92 Å². The third-order valence-corrected chi connectivity index (χ3v) is 1.93. The van der Waals surface area contributed by atoms with E-state index in [9.17, 15) is 4.79 Å². The predicted molar refractivity (Wildman–Crippen MR) is 47.3 cm³/mol. The van der Waals surface area contributed by atoms with E-state index in [1.165, 1.54) is 0 Å². The Balaban J connectivity index is 4.11. The molecule has 3 nitrogen and oxygen atoms in total. The number of amides is 1. The van der Waals surface area contributed by atoms with Crippen LogP contribution < -0.4 is 5.32 Å². The molecule has 1 unspecified atom stereocenters. The maximum Gasteiger partial charge on any atom is 0.237 e. The van der Waals surface area contributed by atoms with Gasteiger partial charge in [-0.2, -0.15) is 5.26 Å². The molecule has 0 aliphatic carbocycles. The van der Waals surface area contributed by atoms with Gasteiger partial charge < -0.3 is 5.32 Å². The lowest BCUT2D eigenvalue weighted by Gasteiger charge is -2.24. The van der Waals surface area contributed by atoms with Crippen LogP contribution in [0.4, 0.5) is 0 Å². The quantitative estimate of drug-likeness (QED) is 0.693. The molecule has 0 aromatic carbocycles. The minimum absolute atomic E-state index is 0.190. The van der Waals surface area contributed by atoms with Crippen LogP contribution in [0.15, 0.2) is 0 Å². The van der Waals surface area contributed by atoms with Crippen molar-refractivity contribution < 1.29 is 4.79 Å². The second-order valence-corrected chi connectivity index (χ2v) is 3.58. The largest absolute Gasteiger partial charge is 0.350 e. The van der Waals surface area contributed by atoms with Crippen molar-refractivity contribution in [3.05, 3.63) is 0 Å². The monoisotopic (exact) mass is 168 g/mol. The van der Waals surface area contributed by atoms with Gasteiger partial charge in [0.15, 0.2) is 0 Å². The van der Waals surface area contributed by atoms with Gasteiger partial charge in [-0.25, -0.2) is 0 Å². The summed E-state index contributed by atoms with van der Waals surface area (Å²) in [5.74, 6) is -0.750. The van der Waals surface area contributed by atoms with Gasteiger partial charge in [-0.3, -0.25) is 4.79 Å². The number of nitriles is 1. The molecule has 0 aliphatic rings. The summed E-state index contributed by atoms with van der Waals surface area (Å²) in [6.07, 6.45) is 0.858. The van der Waals surface area contributed by atoms with Gasteiger partial charge in [0.2, 0.25) is 5.91 Å². The summed E-state index contributed by atoms with van der Waals surface area (Å²) in [5.41, 5.74) is -0.206. The Morgan fingerprint density at radius 3 is 2.50 bits per heavy atom. The van der Waals surface area contributed by atoms with Crippen LogP contribution in [0.1, 0.15) is 34.1 Å². The smallest absolute Gasteiger partial charge is 0.237 e. The highest BCUT2D eigenvalue weighted by Gasteiger charge is 2.21. The van der Waals surface area contributed by atoms with Crippen LogP contribution in [0.25, 0.3) is 0 Å². The summed E-state index contributed by atoms with van der Waals surface area (Å²) >= 11 is 0. The van der Waals surface area contributed by atoms with Crippen molar-refractivity contribution in [2.24, 2.45) is 5.92 Å². The third-order valence-electron chi connectivity index (χ3n) is 1.93. The van der Waals surface area contributed by atoms with Crippen molar-refractivity contribution in [1.82, 2.24) is 5.32 Å². The van der Waals surface area contributed by atoms with Gasteiger partial charge in [0.05, 0.1) is 6.07 Å². The maximum atomic E-state index is 11.2. The molecule has 0 fully saturated rings. The number of carbonyl (C=O) groups excluding carboxylic acids is 1. The van der Waals surface area contributed by atoms with Crippen molar-refractivity contribution in [3.8, 4) is 6.07 Å². The molecule has 0 aromatic heterocycles. The van der Waals surface area contributed by atoms with E-state index in [4.69, 9.17) is 5.26 Å². The van der Waals surface area contributed by atoms with Crippen LogP contribution in [-0.2, 0) is 4.79 Å². The van der Waals surface area contributed by atoms with E-state index in [-0.39, 0.29) is 11.4 Å². The number of rotatable bonds is 3. The highest BCUT2D eigenvalue weighted by atomic mass is 16.2. The highest BCUT2D eigenvalue weighted by Crippen LogP contribution is 2.08. The Labute approximate surface area is 73.8 Å². The molecular formula is C9H16N2O. The van der Waals surface area contributed by atoms with Crippen molar-refractivity contribution >= 4 is 5.91 Å². The van der Waals surface area contributed by atoms with Crippen molar-refractivity contribution in [2.75, 3.05) is 0 Å². The maximum absolute atomic E-state index is 11.2. The first kappa shape index (κ1) is 11.0. The summed E-state index contributed by atoms with van der Waals surface area (Å²) < 4.78 is 0. The Kier molecular flexibility index (Phi) is 3.75. The predicted octanol–water partition coefficient (Wildman–Crippen LogP) is 1.45. The first-order valence-electron chi connectivity index (χ1n) is 4.14. The van der Waals surface area contributed by atoms with Crippen LogP contribution in [0.5, 0.6) is 0 Å². The fraction of sp³-hybridized carbons (Fsp3) is 0.778. The van der Waals surface area contributed by atoms with E-state index in [0.717, 1.165) is 6.42 Å². The van der Waals surface area contributed by atoms with Gasteiger partial charge in [-0.1, -0.05) is 6.92 Å². The summed E-state index contributed by atoms with van der Waals surface area (Å²) in [4.78, 5) is 11.2. The summed E-state index contributed by atoms with van der Waals surface area (Å²) in [6.45, 7) is 7.47. The van der Waals surface area contributed by atoms with Gasteiger partial charge in [-0.05, 0) is 27.2 Å². The topological polar surface area (TPSA) is 52.9 Å². The fourth-order valence-corrected chi connectivity index (χ4v) is 0.589. The normalized spacial score (nSPS) is 13.2. The standard InChI is InChI=1S/C9H16N2O/c1-5-9(3,4)11-8(12)7(2)6-10/h7H,5H2,1-4H3,(H,11,12). The van der Waals surface area contributed by atoms with E-state index >= 15 is 0 Å². The molecule has 0 spiro atoms. The molecule has 68 valence electrons. The Morgan fingerprint density at radius 1 is 1.67 bits per heavy atom. The zero-order chi connectivity index (χ0) is 9.78. The van der Waals surface area contributed by atoms with Crippen LogP contribution in [0.2, 0.25) is 0 Å². The van der Waals surface area contributed by atoms with Crippen LogP contribution in [0.3, 0.4) is 0 Å². The molecule has 1 N–H and O–H groups in total. The summed E-state index contributed by atoms with van der Waals surface area (Å²) in [7, 11) is 0. The van der Waals surface area contributed by atoms with Crippen LogP contribution in [0, 0.1) is 17.2 Å². The van der Waals surface area contributed by atoms with Crippen LogP contribution in [-0.4, -0.2) is 11.4 Å². The second kappa shape index (κ2) is 4.10. The average molecular weight is 168 g/mol. The van der Waals surface area contributed by atoms with E-state index in [1.807, 2.05) is 26.8 Å². The molecule has 0 heterocycles. The summed E-state index contributed by atoms with van der Waals surface area (Å²) in [6, 6.07) is 1.90. The molecule has 1 atom stereocenters. The van der Waals surface area contributed by atoms with Gasteiger partial charge in [0.25, 0.3) is 0 Å². The molecule has 0 saturated carbocycles. The van der Waals surface area contributed by atoms with E-state index < -0.39 is 5.92 Å². The first-order valence-corrected chi connectivity index (χ1v) is 4.14. The zero-order valence-corrected chi connectivity index (χ0v) is 8.14. The lowest BCUT2D eigenvalue weighted by molar-refractivity contribution is -0.124. The zero-order valence-electron chi connectivity index (χ0n) is 8.14. The first-order chi connectivity index (χ1) is 5.43. The van der Waals surface area contributed by atoms with E-state index in [2.05, 4.69) is 5.32 Å². The van der Waals surface area contributed by atoms with Crippen molar-refractivity contribution in [1.29, 1.82) is 5.26 Å². The fourth-order valence-electron chi connectivity index (χ4n) is 0.589. The molecular weight excluding hydrogens is 152 g/mol. The number of hydrogen-bond donors (Lipinski definition) is 1. The number of hydrogen-bond acceptors (Lipinski definition) is 2. The number of nitrogens with zero attached hydrogens (tertiary/aromatic N) is 1. The third kappa shape index (κ3) is 3.38. The number of nitrogens with one attached hydrogen (secondary N) is 1. The Hall–Kier alpha value is -1.04. The van der Waals surface area contributed by atoms with Gasteiger partial charge in [-0.15, -0.1) is 0 Å². The molecule has 0 saturated heterocycles. The molecule has 1 amide bonds. The minimum atomic E-state index is -0.559. The number of carbonyl (C=O) groups is 1. The molecule has 0 rings (SSSR count). The average Bonchev–Trinajstić information content (AvgIpc) is 2.02. The molecule has 12 heavy (non-hydrogen) atoms. The SMILES string of the molecule is CCC(C)(C)NC(=O)C(C)C#N. The van der Waals surface area contributed by atoms with Gasteiger partial charge in [0, 0.05) is 5.54 Å². The Bertz CT molecular complexity index is 203. The summed E-state index contributed by atoms with van der Waals surface area (Å²) in [5, 5.41) is 11.3. The molecule has 0 radical (unpaired) electrons. The van der Waals surface area contributed by atoms with Gasteiger partial charge >= 0.3 is 0 Å². The molecule has 0 bridgehead atoms. The molecule has 3 heteroatoms. The molecule has 0 aromatic rings. The molecule has 0 aliphatic heterocycles. The van der Waals surface area contributed by atoms with E-state index in [1.54, 1.807) is 6.92 Å². The highest BCUT2D eigenvalue weighted by molar-refractivity contribution is 5.81. The van der Waals surface area contributed by atoms with Crippen molar-refractivity contribution in [3.63, 3.8) is 0 Å². The van der Waals surface area contributed by atoms with Crippen molar-refractivity contribution in [2.45, 2.75) is 39.7 Å². The second-order valence-electron chi connectivity index (χ2n) is 3.58.